The predicted molar refractivity (Wildman–Crippen MR) is 77.4 cm³/mol. The lowest BCUT2D eigenvalue weighted by molar-refractivity contribution is 0.0697. The molecule has 0 saturated heterocycles. The number of carboxylic acid groups (broad SMARTS) is 1. The highest BCUT2D eigenvalue weighted by molar-refractivity contribution is 5.94. The number of hydrogen-bond acceptors (Lipinski definition) is 5. The molecule has 2 aromatic carbocycles. The quantitative estimate of drug-likeness (QED) is 0.822. The summed E-state index contributed by atoms with van der Waals surface area (Å²) in [6.07, 6.45) is 0. The molecule has 2 rings (SSSR count). The zero-order valence-corrected chi connectivity index (χ0v) is 11.6. The van der Waals surface area contributed by atoms with Gasteiger partial charge in [0.1, 0.15) is 23.0 Å². The summed E-state index contributed by atoms with van der Waals surface area (Å²) in [6, 6.07) is 9.48. The summed E-state index contributed by atoms with van der Waals surface area (Å²) >= 11 is 0. The van der Waals surface area contributed by atoms with Crippen molar-refractivity contribution in [3.63, 3.8) is 0 Å². The molecule has 0 aromatic heterocycles. The lowest BCUT2D eigenvalue weighted by Gasteiger charge is -2.11. The monoisotopic (exact) mass is 289 g/mol. The van der Waals surface area contributed by atoms with E-state index < -0.39 is 5.97 Å². The van der Waals surface area contributed by atoms with Crippen LogP contribution < -0.4 is 19.9 Å². The minimum Gasteiger partial charge on any atom is -0.496 e. The molecule has 0 bridgehead atoms. The van der Waals surface area contributed by atoms with E-state index in [0.717, 1.165) is 0 Å². The van der Waals surface area contributed by atoms with Gasteiger partial charge < -0.3 is 25.1 Å². The molecule has 0 fully saturated rings. The van der Waals surface area contributed by atoms with Gasteiger partial charge in [0.15, 0.2) is 0 Å². The van der Waals surface area contributed by atoms with Crippen LogP contribution in [0.2, 0.25) is 0 Å². The number of benzene rings is 2. The average molecular weight is 289 g/mol. The van der Waals surface area contributed by atoms with Crippen LogP contribution in [0.25, 0.3) is 0 Å². The van der Waals surface area contributed by atoms with Crippen molar-refractivity contribution >= 4 is 11.7 Å². The lowest BCUT2D eigenvalue weighted by Crippen LogP contribution is -2.02. The second-order valence-electron chi connectivity index (χ2n) is 4.20. The smallest absolute Gasteiger partial charge is 0.337 e. The Kier molecular flexibility index (Phi) is 4.18. The average Bonchev–Trinajstić information content (AvgIpc) is 2.48. The van der Waals surface area contributed by atoms with Crippen molar-refractivity contribution in [3.8, 4) is 23.0 Å². The van der Waals surface area contributed by atoms with Crippen LogP contribution in [-0.4, -0.2) is 25.3 Å². The Morgan fingerprint density at radius 2 is 1.52 bits per heavy atom. The molecule has 0 saturated carbocycles. The van der Waals surface area contributed by atoms with E-state index in [0.29, 0.717) is 23.0 Å². The molecule has 0 unspecified atom stereocenters. The third-order valence-electron chi connectivity index (χ3n) is 2.82. The molecule has 0 spiro atoms. The van der Waals surface area contributed by atoms with E-state index in [1.165, 1.54) is 26.4 Å². The fourth-order valence-electron chi connectivity index (χ4n) is 1.76. The van der Waals surface area contributed by atoms with Gasteiger partial charge in [-0.25, -0.2) is 4.79 Å². The molecule has 21 heavy (non-hydrogen) atoms. The molecule has 3 N–H and O–H groups in total. The number of ether oxygens (including phenoxy) is 3. The number of hydrogen-bond donors (Lipinski definition) is 2. The number of methoxy groups -OCH3 is 2. The Morgan fingerprint density at radius 1 is 0.952 bits per heavy atom. The Balaban J connectivity index is 2.33. The topological polar surface area (TPSA) is 91.0 Å². The number of carboxylic acids is 1. The van der Waals surface area contributed by atoms with Crippen LogP contribution in [0.1, 0.15) is 10.4 Å². The van der Waals surface area contributed by atoms with Crippen molar-refractivity contribution < 1.29 is 24.1 Å². The van der Waals surface area contributed by atoms with Gasteiger partial charge >= 0.3 is 5.97 Å². The molecule has 2 aromatic rings. The van der Waals surface area contributed by atoms with Crippen LogP contribution in [-0.2, 0) is 0 Å². The second-order valence-corrected chi connectivity index (χ2v) is 4.20. The molecule has 0 radical (unpaired) electrons. The predicted octanol–water partition coefficient (Wildman–Crippen LogP) is 2.78. The second kappa shape index (κ2) is 6.04. The van der Waals surface area contributed by atoms with Crippen molar-refractivity contribution in [2.75, 3.05) is 20.0 Å². The fraction of sp³-hybridized carbons (Fsp3) is 0.133. The van der Waals surface area contributed by atoms with Crippen LogP contribution in [0, 0.1) is 0 Å². The number of aromatic carboxylic acids is 1. The number of nitrogens with two attached hydrogens (primary N) is 1. The Bertz CT molecular complexity index is 647. The number of nitrogen functional groups attached to an aromatic ring is 1. The van der Waals surface area contributed by atoms with Crippen molar-refractivity contribution in [2.24, 2.45) is 0 Å². The maximum Gasteiger partial charge on any atom is 0.337 e. The molecule has 0 amide bonds. The minimum absolute atomic E-state index is 0.0117. The largest absolute Gasteiger partial charge is 0.496 e. The Morgan fingerprint density at radius 3 is 2.05 bits per heavy atom. The first-order valence-corrected chi connectivity index (χ1v) is 6.07. The molecular formula is C15H15NO5. The highest BCUT2D eigenvalue weighted by atomic mass is 16.5. The van der Waals surface area contributed by atoms with Gasteiger partial charge in [-0.2, -0.15) is 0 Å². The van der Waals surface area contributed by atoms with Gasteiger partial charge in [-0.05, 0) is 18.2 Å². The standard InChI is InChI=1S/C15H15NO5/c1-19-10-5-11(20-2)7-12(6-10)21-9-3-4-14(16)13(8-9)15(17)18/h3-8H,16H2,1-2H3,(H,17,18). The molecule has 6 heteroatoms. The van der Waals surface area contributed by atoms with Gasteiger partial charge in [-0.1, -0.05) is 0 Å². The highest BCUT2D eigenvalue weighted by Crippen LogP contribution is 2.31. The highest BCUT2D eigenvalue weighted by Gasteiger charge is 2.10. The van der Waals surface area contributed by atoms with Crippen molar-refractivity contribution in [2.45, 2.75) is 0 Å². The van der Waals surface area contributed by atoms with Gasteiger partial charge in [-0.15, -0.1) is 0 Å². The van der Waals surface area contributed by atoms with Crippen LogP contribution in [0.4, 0.5) is 5.69 Å². The van der Waals surface area contributed by atoms with Gasteiger partial charge in [0.2, 0.25) is 0 Å². The number of anilines is 1. The lowest BCUT2D eigenvalue weighted by atomic mass is 10.2. The van der Waals surface area contributed by atoms with Gasteiger partial charge in [0.05, 0.1) is 19.8 Å². The van der Waals surface area contributed by atoms with E-state index in [1.807, 2.05) is 0 Å². The van der Waals surface area contributed by atoms with E-state index in [2.05, 4.69) is 0 Å². The molecule has 0 heterocycles. The summed E-state index contributed by atoms with van der Waals surface area (Å²) in [4.78, 5) is 11.1. The Labute approximate surface area is 121 Å². The first kappa shape index (κ1) is 14.5. The summed E-state index contributed by atoms with van der Waals surface area (Å²) in [7, 11) is 3.06. The van der Waals surface area contributed by atoms with Gasteiger partial charge in [-0.3, -0.25) is 0 Å². The van der Waals surface area contributed by atoms with Crippen molar-refractivity contribution in [3.05, 3.63) is 42.0 Å². The van der Waals surface area contributed by atoms with E-state index in [1.54, 1.807) is 24.3 Å². The zero-order valence-electron chi connectivity index (χ0n) is 11.6. The first-order chi connectivity index (χ1) is 10.0. The summed E-state index contributed by atoms with van der Waals surface area (Å²) in [6.45, 7) is 0. The summed E-state index contributed by atoms with van der Waals surface area (Å²) < 4.78 is 15.9. The Hall–Kier alpha value is -2.89. The van der Waals surface area contributed by atoms with E-state index >= 15 is 0 Å². The van der Waals surface area contributed by atoms with Crippen LogP contribution >= 0.6 is 0 Å². The molecular weight excluding hydrogens is 274 g/mol. The zero-order chi connectivity index (χ0) is 15.4. The first-order valence-electron chi connectivity index (χ1n) is 6.07. The fourth-order valence-corrected chi connectivity index (χ4v) is 1.76. The summed E-state index contributed by atoms with van der Waals surface area (Å²) in [5.41, 5.74) is 5.77. The van der Waals surface area contributed by atoms with Gasteiger partial charge in [0, 0.05) is 23.9 Å². The third-order valence-corrected chi connectivity index (χ3v) is 2.82. The minimum atomic E-state index is -1.11. The summed E-state index contributed by atoms with van der Waals surface area (Å²) in [5.74, 6) is 0.849. The van der Waals surface area contributed by atoms with Crippen molar-refractivity contribution in [1.29, 1.82) is 0 Å². The normalized spacial score (nSPS) is 10.0. The molecule has 110 valence electrons. The molecule has 6 nitrogen and oxygen atoms in total. The third kappa shape index (κ3) is 3.36. The maximum absolute atomic E-state index is 11.1. The molecule has 0 aliphatic rings. The van der Waals surface area contributed by atoms with E-state index in [4.69, 9.17) is 25.1 Å². The van der Waals surface area contributed by atoms with E-state index in [9.17, 15) is 4.79 Å². The van der Waals surface area contributed by atoms with Crippen LogP contribution in [0.3, 0.4) is 0 Å². The van der Waals surface area contributed by atoms with Crippen LogP contribution in [0.15, 0.2) is 36.4 Å². The molecule has 0 aliphatic carbocycles. The van der Waals surface area contributed by atoms with Crippen molar-refractivity contribution in [1.82, 2.24) is 0 Å². The van der Waals surface area contributed by atoms with Gasteiger partial charge in [0.25, 0.3) is 0 Å². The van der Waals surface area contributed by atoms with E-state index in [-0.39, 0.29) is 11.3 Å². The van der Waals surface area contributed by atoms with Crippen LogP contribution in [0.5, 0.6) is 23.0 Å². The maximum atomic E-state index is 11.1. The molecule has 0 aliphatic heterocycles. The molecule has 0 atom stereocenters. The SMILES string of the molecule is COc1cc(OC)cc(Oc2ccc(N)c(C(=O)O)c2)c1. The summed E-state index contributed by atoms with van der Waals surface area (Å²) in [5, 5.41) is 9.04. The number of rotatable bonds is 5. The number of carbonyl (C=O) groups is 1.